The highest BCUT2D eigenvalue weighted by molar-refractivity contribution is 5.68. The molecule has 2 aromatic rings. The van der Waals surface area contributed by atoms with E-state index in [1.54, 1.807) is 11.2 Å². The topological polar surface area (TPSA) is 58.6 Å². The first-order valence-electron chi connectivity index (χ1n) is 7.23. The highest BCUT2D eigenvalue weighted by atomic mass is 16.5. The summed E-state index contributed by atoms with van der Waals surface area (Å²) in [6.45, 7) is 2.75. The molecule has 0 N–H and O–H groups in total. The molecule has 1 saturated heterocycles. The molecule has 1 aliphatic rings. The number of hydrogen-bond donors (Lipinski definition) is 0. The summed E-state index contributed by atoms with van der Waals surface area (Å²) in [6.07, 6.45) is 1.32. The number of aromatic nitrogens is 2. The quantitative estimate of drug-likeness (QED) is 0.849. The van der Waals surface area contributed by atoms with Gasteiger partial charge in [-0.3, -0.25) is 0 Å². The standard InChI is InChI=1S/C16H18N4O2/c1-22-16(21)20-9-7-19(8-10-20)15-11-14(17-12-18-15)13-5-3-2-4-6-13/h2-6,11-12H,7-10H2,1H3. The fourth-order valence-corrected chi connectivity index (χ4v) is 2.53. The number of methoxy groups -OCH3 is 1. The molecule has 0 saturated carbocycles. The molecule has 22 heavy (non-hydrogen) atoms. The largest absolute Gasteiger partial charge is 0.453 e. The minimum Gasteiger partial charge on any atom is -0.453 e. The van der Waals surface area contributed by atoms with E-state index in [0.717, 1.165) is 30.2 Å². The zero-order valence-corrected chi connectivity index (χ0v) is 12.5. The third-order valence-corrected chi connectivity index (χ3v) is 3.76. The van der Waals surface area contributed by atoms with Crippen LogP contribution >= 0.6 is 0 Å². The number of carbonyl (C=O) groups is 1. The van der Waals surface area contributed by atoms with Crippen molar-refractivity contribution in [2.45, 2.75) is 0 Å². The minimum atomic E-state index is -0.271. The molecular formula is C16H18N4O2. The molecule has 1 amide bonds. The Morgan fingerprint density at radius 1 is 1.09 bits per heavy atom. The number of anilines is 1. The maximum atomic E-state index is 11.5. The second kappa shape index (κ2) is 6.43. The van der Waals surface area contributed by atoms with Gasteiger partial charge in [-0.1, -0.05) is 30.3 Å². The predicted octanol–water partition coefficient (Wildman–Crippen LogP) is 2.03. The average Bonchev–Trinajstić information content (AvgIpc) is 2.62. The Labute approximate surface area is 129 Å². The van der Waals surface area contributed by atoms with Gasteiger partial charge in [-0.05, 0) is 0 Å². The predicted molar refractivity (Wildman–Crippen MR) is 83.7 cm³/mol. The lowest BCUT2D eigenvalue weighted by Gasteiger charge is -2.34. The summed E-state index contributed by atoms with van der Waals surface area (Å²) in [4.78, 5) is 24.1. The lowest BCUT2D eigenvalue weighted by atomic mass is 10.1. The van der Waals surface area contributed by atoms with Gasteiger partial charge in [0.25, 0.3) is 0 Å². The van der Waals surface area contributed by atoms with Crippen LogP contribution in [0, 0.1) is 0 Å². The van der Waals surface area contributed by atoms with Crippen molar-refractivity contribution in [3.63, 3.8) is 0 Å². The summed E-state index contributed by atoms with van der Waals surface area (Å²) < 4.78 is 4.75. The maximum absolute atomic E-state index is 11.5. The van der Waals surface area contributed by atoms with Crippen LogP contribution in [0.4, 0.5) is 10.6 Å². The van der Waals surface area contributed by atoms with Gasteiger partial charge in [0.05, 0.1) is 12.8 Å². The van der Waals surface area contributed by atoms with Crippen LogP contribution in [0.25, 0.3) is 11.3 Å². The van der Waals surface area contributed by atoms with Crippen LogP contribution in [0.5, 0.6) is 0 Å². The number of ether oxygens (including phenoxy) is 1. The molecule has 0 radical (unpaired) electrons. The second-order valence-corrected chi connectivity index (χ2v) is 5.07. The summed E-state index contributed by atoms with van der Waals surface area (Å²) in [7, 11) is 1.41. The van der Waals surface area contributed by atoms with E-state index in [-0.39, 0.29) is 6.09 Å². The molecule has 0 bridgehead atoms. The fourth-order valence-electron chi connectivity index (χ4n) is 2.53. The van der Waals surface area contributed by atoms with Crippen LogP contribution in [-0.4, -0.2) is 54.2 Å². The number of rotatable bonds is 2. The molecule has 0 spiro atoms. The van der Waals surface area contributed by atoms with Gasteiger partial charge in [-0.2, -0.15) is 0 Å². The Hall–Kier alpha value is -2.63. The van der Waals surface area contributed by atoms with Gasteiger partial charge in [-0.25, -0.2) is 14.8 Å². The molecule has 1 aliphatic heterocycles. The van der Waals surface area contributed by atoms with Gasteiger partial charge in [-0.15, -0.1) is 0 Å². The molecule has 1 fully saturated rings. The SMILES string of the molecule is COC(=O)N1CCN(c2cc(-c3ccccc3)ncn2)CC1. The first-order valence-corrected chi connectivity index (χ1v) is 7.23. The summed E-state index contributed by atoms with van der Waals surface area (Å²) in [5, 5.41) is 0. The average molecular weight is 298 g/mol. The van der Waals surface area contributed by atoms with Crippen LogP contribution in [0.3, 0.4) is 0 Å². The summed E-state index contributed by atoms with van der Waals surface area (Å²) >= 11 is 0. The van der Waals surface area contributed by atoms with Crippen LogP contribution in [0.15, 0.2) is 42.7 Å². The summed E-state index contributed by atoms with van der Waals surface area (Å²) in [5.41, 5.74) is 1.97. The van der Waals surface area contributed by atoms with E-state index < -0.39 is 0 Å². The van der Waals surface area contributed by atoms with Crippen LogP contribution in [0.2, 0.25) is 0 Å². The van der Waals surface area contributed by atoms with Crippen molar-refractivity contribution >= 4 is 11.9 Å². The summed E-state index contributed by atoms with van der Waals surface area (Å²) in [6, 6.07) is 12.0. The number of nitrogens with zero attached hydrogens (tertiary/aromatic N) is 4. The van der Waals surface area contributed by atoms with E-state index in [1.807, 2.05) is 36.4 Å². The molecule has 1 aromatic heterocycles. The van der Waals surface area contributed by atoms with Crippen molar-refractivity contribution in [2.24, 2.45) is 0 Å². The van der Waals surface area contributed by atoms with E-state index in [1.165, 1.54) is 7.11 Å². The molecule has 0 atom stereocenters. The van der Waals surface area contributed by atoms with Crippen molar-refractivity contribution in [3.05, 3.63) is 42.7 Å². The van der Waals surface area contributed by atoms with Gasteiger partial charge in [0.1, 0.15) is 12.1 Å². The van der Waals surface area contributed by atoms with Gasteiger partial charge < -0.3 is 14.5 Å². The van der Waals surface area contributed by atoms with Crippen molar-refractivity contribution in [1.82, 2.24) is 14.9 Å². The molecule has 1 aromatic carbocycles. The van der Waals surface area contributed by atoms with E-state index in [2.05, 4.69) is 14.9 Å². The zero-order valence-electron chi connectivity index (χ0n) is 12.5. The third-order valence-electron chi connectivity index (χ3n) is 3.76. The highest BCUT2D eigenvalue weighted by Crippen LogP contribution is 2.21. The monoisotopic (exact) mass is 298 g/mol. The Kier molecular flexibility index (Phi) is 4.18. The van der Waals surface area contributed by atoms with Crippen LogP contribution in [0.1, 0.15) is 0 Å². The summed E-state index contributed by atoms with van der Waals surface area (Å²) in [5.74, 6) is 0.887. The molecule has 114 valence electrons. The van der Waals surface area contributed by atoms with E-state index in [9.17, 15) is 4.79 Å². The molecule has 0 unspecified atom stereocenters. The van der Waals surface area contributed by atoms with E-state index in [0.29, 0.717) is 13.1 Å². The number of amides is 1. The first-order chi connectivity index (χ1) is 10.8. The van der Waals surface area contributed by atoms with Crippen molar-refractivity contribution in [3.8, 4) is 11.3 Å². The number of carbonyl (C=O) groups excluding carboxylic acids is 1. The maximum Gasteiger partial charge on any atom is 0.409 e. The van der Waals surface area contributed by atoms with Crippen molar-refractivity contribution < 1.29 is 9.53 Å². The van der Waals surface area contributed by atoms with Crippen LogP contribution < -0.4 is 4.90 Å². The van der Waals surface area contributed by atoms with Gasteiger partial charge in [0, 0.05) is 37.8 Å². The zero-order chi connectivity index (χ0) is 15.4. The van der Waals surface area contributed by atoms with Gasteiger partial charge in [0.15, 0.2) is 0 Å². The van der Waals surface area contributed by atoms with Gasteiger partial charge >= 0.3 is 6.09 Å². The molecule has 2 heterocycles. The number of hydrogen-bond acceptors (Lipinski definition) is 5. The lowest BCUT2D eigenvalue weighted by Crippen LogP contribution is -2.49. The Morgan fingerprint density at radius 3 is 2.50 bits per heavy atom. The molecule has 6 nitrogen and oxygen atoms in total. The highest BCUT2D eigenvalue weighted by Gasteiger charge is 2.22. The Bertz CT molecular complexity index is 640. The smallest absolute Gasteiger partial charge is 0.409 e. The normalized spacial score (nSPS) is 14.8. The van der Waals surface area contributed by atoms with Crippen molar-refractivity contribution in [2.75, 3.05) is 38.2 Å². The Balaban J connectivity index is 1.73. The molecule has 6 heteroatoms. The van der Waals surface area contributed by atoms with E-state index >= 15 is 0 Å². The van der Waals surface area contributed by atoms with Crippen LogP contribution in [-0.2, 0) is 4.74 Å². The first kappa shape index (κ1) is 14.3. The van der Waals surface area contributed by atoms with Crippen molar-refractivity contribution in [1.29, 1.82) is 0 Å². The third kappa shape index (κ3) is 3.00. The molecule has 0 aliphatic carbocycles. The minimum absolute atomic E-state index is 0.271. The van der Waals surface area contributed by atoms with Gasteiger partial charge in [0.2, 0.25) is 0 Å². The number of piperazine rings is 1. The van der Waals surface area contributed by atoms with E-state index in [4.69, 9.17) is 4.74 Å². The fraction of sp³-hybridized carbons (Fsp3) is 0.312. The lowest BCUT2D eigenvalue weighted by molar-refractivity contribution is 0.121. The molecular weight excluding hydrogens is 280 g/mol. The molecule has 3 rings (SSSR count). The Morgan fingerprint density at radius 2 is 1.82 bits per heavy atom. The second-order valence-electron chi connectivity index (χ2n) is 5.07. The number of benzene rings is 1.